The Kier molecular flexibility index (Phi) is 2.35. The van der Waals surface area contributed by atoms with Crippen LogP contribution in [0.3, 0.4) is 0 Å². The molecule has 1 aliphatic rings. The minimum Gasteiger partial charge on any atom is -0.306 e. The Bertz CT molecular complexity index is 194. The van der Waals surface area contributed by atoms with E-state index in [1.807, 2.05) is 0 Å². The van der Waals surface area contributed by atoms with E-state index in [1.54, 1.807) is 7.05 Å². The summed E-state index contributed by atoms with van der Waals surface area (Å²) in [7, 11) is 1.71. The summed E-state index contributed by atoms with van der Waals surface area (Å²) in [4.78, 5) is 21.6. The second-order valence-electron chi connectivity index (χ2n) is 2.03. The number of amides is 2. The predicted octanol–water partition coefficient (Wildman–Crippen LogP) is -1.41. The molecule has 0 spiro atoms. The molecule has 11 heavy (non-hydrogen) atoms. The first-order chi connectivity index (χ1) is 5.25. The number of hydrogen-bond acceptors (Lipinski definition) is 4. The number of rotatable bonds is 3. The van der Waals surface area contributed by atoms with E-state index < -0.39 is 0 Å². The fourth-order valence-corrected chi connectivity index (χ4v) is 0.714. The van der Waals surface area contributed by atoms with Crippen LogP contribution in [0.1, 0.15) is 0 Å². The van der Waals surface area contributed by atoms with Crippen molar-refractivity contribution in [3.05, 3.63) is 12.2 Å². The Morgan fingerprint density at radius 2 is 1.91 bits per heavy atom. The van der Waals surface area contributed by atoms with Crippen LogP contribution in [0, 0.1) is 0 Å². The van der Waals surface area contributed by atoms with Gasteiger partial charge in [-0.15, -0.1) is 0 Å². The minimum absolute atomic E-state index is 0.328. The number of carbonyl (C=O) groups is 2. The molecule has 1 heterocycles. The van der Waals surface area contributed by atoms with Crippen LogP contribution in [0.2, 0.25) is 0 Å². The Morgan fingerprint density at radius 3 is 2.36 bits per heavy atom. The van der Waals surface area contributed by atoms with Crippen LogP contribution < -0.4 is 10.7 Å². The third-order valence-corrected chi connectivity index (χ3v) is 1.22. The number of hydrogen-bond donors (Lipinski definition) is 2. The van der Waals surface area contributed by atoms with Crippen molar-refractivity contribution in [2.75, 3.05) is 13.7 Å². The van der Waals surface area contributed by atoms with E-state index in [2.05, 4.69) is 10.7 Å². The second-order valence-corrected chi connectivity index (χ2v) is 2.03. The van der Waals surface area contributed by atoms with Gasteiger partial charge < -0.3 is 5.32 Å². The third kappa shape index (κ3) is 1.63. The first-order valence-corrected chi connectivity index (χ1v) is 3.20. The molecule has 1 rings (SSSR count). The van der Waals surface area contributed by atoms with E-state index in [0.29, 0.717) is 6.67 Å². The van der Waals surface area contributed by atoms with Gasteiger partial charge in [-0.05, 0) is 7.05 Å². The lowest BCUT2D eigenvalue weighted by molar-refractivity contribution is -0.140. The molecule has 60 valence electrons. The maximum Gasteiger partial charge on any atom is 0.268 e. The Morgan fingerprint density at radius 1 is 1.36 bits per heavy atom. The van der Waals surface area contributed by atoms with Gasteiger partial charge in [0.2, 0.25) is 0 Å². The quantitative estimate of drug-likeness (QED) is 0.388. The highest BCUT2D eigenvalue weighted by atomic mass is 16.2. The maximum atomic E-state index is 10.8. The molecule has 0 bridgehead atoms. The van der Waals surface area contributed by atoms with Crippen molar-refractivity contribution in [3.8, 4) is 0 Å². The van der Waals surface area contributed by atoms with E-state index in [9.17, 15) is 9.59 Å². The molecule has 1 aliphatic heterocycles. The number of nitrogens with one attached hydrogen (secondary N) is 2. The molecule has 0 saturated heterocycles. The van der Waals surface area contributed by atoms with Gasteiger partial charge in [0, 0.05) is 12.2 Å². The molecule has 0 saturated carbocycles. The van der Waals surface area contributed by atoms with Crippen molar-refractivity contribution < 1.29 is 9.59 Å². The molecule has 0 unspecified atom stereocenters. The SMILES string of the molecule is CNCNN1C(=O)C=CC1=O. The highest BCUT2D eigenvalue weighted by molar-refractivity contribution is 6.12. The fourth-order valence-electron chi connectivity index (χ4n) is 0.714. The van der Waals surface area contributed by atoms with Gasteiger partial charge in [-0.25, -0.2) is 10.4 Å². The number of nitrogens with zero attached hydrogens (tertiary/aromatic N) is 1. The van der Waals surface area contributed by atoms with Crippen molar-refractivity contribution in [3.63, 3.8) is 0 Å². The van der Waals surface area contributed by atoms with E-state index in [-0.39, 0.29) is 11.8 Å². The highest BCUT2D eigenvalue weighted by Crippen LogP contribution is 1.97. The van der Waals surface area contributed by atoms with Gasteiger partial charge in [0.05, 0.1) is 6.67 Å². The van der Waals surface area contributed by atoms with E-state index >= 15 is 0 Å². The lowest BCUT2D eigenvalue weighted by Gasteiger charge is -2.13. The summed E-state index contributed by atoms with van der Waals surface area (Å²) in [6.45, 7) is 0.388. The number of imide groups is 1. The molecule has 0 aromatic carbocycles. The highest BCUT2D eigenvalue weighted by Gasteiger charge is 2.22. The zero-order chi connectivity index (χ0) is 8.27. The molecule has 2 amide bonds. The zero-order valence-corrected chi connectivity index (χ0v) is 6.13. The maximum absolute atomic E-state index is 10.8. The standard InChI is InChI=1S/C6H9N3O2/c1-7-4-8-9-5(10)2-3-6(9)11/h2-3,7-8H,4H2,1H3. The monoisotopic (exact) mass is 155 g/mol. The topological polar surface area (TPSA) is 61.4 Å². The Balaban J connectivity index is 2.46. The molecular weight excluding hydrogens is 146 g/mol. The van der Waals surface area contributed by atoms with Gasteiger partial charge in [0.25, 0.3) is 11.8 Å². The van der Waals surface area contributed by atoms with Gasteiger partial charge >= 0.3 is 0 Å². The van der Waals surface area contributed by atoms with Crippen molar-refractivity contribution >= 4 is 11.8 Å². The average molecular weight is 155 g/mol. The summed E-state index contributed by atoms with van der Waals surface area (Å²) in [5.74, 6) is -0.657. The molecule has 5 nitrogen and oxygen atoms in total. The van der Waals surface area contributed by atoms with Crippen LogP contribution in [0.5, 0.6) is 0 Å². The first-order valence-electron chi connectivity index (χ1n) is 3.20. The van der Waals surface area contributed by atoms with Crippen LogP contribution in [-0.2, 0) is 9.59 Å². The molecule has 0 radical (unpaired) electrons. The summed E-state index contributed by atoms with van der Waals surface area (Å²) in [5, 5.41) is 3.71. The largest absolute Gasteiger partial charge is 0.306 e. The molecule has 0 fully saturated rings. The molecule has 0 aromatic rings. The van der Waals surface area contributed by atoms with Crippen LogP contribution in [0.15, 0.2) is 12.2 Å². The lowest BCUT2D eigenvalue weighted by Crippen LogP contribution is -2.45. The van der Waals surface area contributed by atoms with E-state index in [1.165, 1.54) is 12.2 Å². The molecule has 0 aliphatic carbocycles. The van der Waals surface area contributed by atoms with Gasteiger partial charge in [-0.3, -0.25) is 9.59 Å². The predicted molar refractivity (Wildman–Crippen MR) is 38.1 cm³/mol. The zero-order valence-electron chi connectivity index (χ0n) is 6.13. The number of carbonyl (C=O) groups excluding carboxylic acids is 2. The molecule has 0 atom stereocenters. The summed E-state index contributed by atoms with van der Waals surface area (Å²) in [6, 6.07) is 0. The first kappa shape index (κ1) is 7.90. The van der Waals surface area contributed by atoms with Crippen LogP contribution in [0.25, 0.3) is 0 Å². The van der Waals surface area contributed by atoms with Crippen LogP contribution in [-0.4, -0.2) is 30.5 Å². The molecular formula is C6H9N3O2. The Hall–Kier alpha value is -1.20. The van der Waals surface area contributed by atoms with Crippen LogP contribution >= 0.6 is 0 Å². The van der Waals surface area contributed by atoms with Crippen molar-refractivity contribution in [2.24, 2.45) is 0 Å². The van der Waals surface area contributed by atoms with Crippen LogP contribution in [0.4, 0.5) is 0 Å². The van der Waals surface area contributed by atoms with Gasteiger partial charge in [-0.2, -0.15) is 0 Å². The van der Waals surface area contributed by atoms with E-state index in [4.69, 9.17) is 0 Å². The third-order valence-electron chi connectivity index (χ3n) is 1.22. The molecule has 2 N–H and O–H groups in total. The number of hydrazine groups is 1. The van der Waals surface area contributed by atoms with Crippen molar-refractivity contribution in [1.29, 1.82) is 0 Å². The van der Waals surface area contributed by atoms with Crippen molar-refractivity contribution in [1.82, 2.24) is 15.8 Å². The molecule has 0 aromatic heterocycles. The fraction of sp³-hybridized carbons (Fsp3) is 0.333. The second kappa shape index (κ2) is 3.27. The summed E-state index contributed by atoms with van der Waals surface area (Å²) in [5.41, 5.74) is 2.59. The van der Waals surface area contributed by atoms with E-state index in [0.717, 1.165) is 5.01 Å². The minimum atomic E-state index is -0.328. The summed E-state index contributed by atoms with van der Waals surface area (Å²) in [6.07, 6.45) is 2.45. The normalized spacial score (nSPS) is 16.6. The van der Waals surface area contributed by atoms with Gasteiger partial charge in [0.1, 0.15) is 0 Å². The summed E-state index contributed by atoms with van der Waals surface area (Å²) < 4.78 is 0. The summed E-state index contributed by atoms with van der Waals surface area (Å²) >= 11 is 0. The van der Waals surface area contributed by atoms with Gasteiger partial charge in [0.15, 0.2) is 0 Å². The smallest absolute Gasteiger partial charge is 0.268 e. The van der Waals surface area contributed by atoms with Gasteiger partial charge in [-0.1, -0.05) is 0 Å². The Labute approximate surface area is 64.0 Å². The van der Waals surface area contributed by atoms with Crippen molar-refractivity contribution in [2.45, 2.75) is 0 Å². The average Bonchev–Trinajstić information content (AvgIpc) is 2.29. The molecule has 5 heteroatoms. The lowest BCUT2D eigenvalue weighted by atomic mass is 10.6.